The highest BCUT2D eigenvalue weighted by molar-refractivity contribution is 5.95. The minimum absolute atomic E-state index is 0.0245. The molecule has 1 aromatic carbocycles. The van der Waals surface area contributed by atoms with Gasteiger partial charge in [-0.3, -0.25) is 9.59 Å². The van der Waals surface area contributed by atoms with Crippen molar-refractivity contribution in [2.45, 2.75) is 26.2 Å². The van der Waals surface area contributed by atoms with Gasteiger partial charge in [-0.2, -0.15) is 0 Å². The number of hydrogen-bond donors (Lipinski definition) is 2. The van der Waals surface area contributed by atoms with Crippen molar-refractivity contribution in [2.75, 3.05) is 18.8 Å². The molecule has 0 radical (unpaired) electrons. The SMILES string of the molecule is CCC1(C(=O)O)CCN(C(=O)c2ccc(N)cc2F)CC1. The van der Waals surface area contributed by atoms with Gasteiger partial charge in [0.25, 0.3) is 5.91 Å². The van der Waals surface area contributed by atoms with Crippen LogP contribution in [0.5, 0.6) is 0 Å². The number of nitrogens with two attached hydrogens (primary N) is 1. The second kappa shape index (κ2) is 5.71. The highest BCUT2D eigenvalue weighted by Crippen LogP contribution is 2.35. The van der Waals surface area contributed by atoms with E-state index in [0.29, 0.717) is 32.4 Å². The Morgan fingerprint density at radius 3 is 2.48 bits per heavy atom. The monoisotopic (exact) mass is 294 g/mol. The number of likely N-dealkylation sites (tertiary alicyclic amines) is 1. The predicted octanol–water partition coefficient (Wildman–Crippen LogP) is 2.12. The summed E-state index contributed by atoms with van der Waals surface area (Å²) in [5.74, 6) is -1.89. The first-order valence-electron chi connectivity index (χ1n) is 6.97. The molecule has 0 atom stereocenters. The first kappa shape index (κ1) is 15.3. The zero-order valence-corrected chi connectivity index (χ0v) is 11.9. The third kappa shape index (κ3) is 2.84. The number of carbonyl (C=O) groups excluding carboxylic acids is 1. The number of carbonyl (C=O) groups is 2. The summed E-state index contributed by atoms with van der Waals surface area (Å²) in [5, 5.41) is 9.33. The van der Waals surface area contributed by atoms with Crippen LogP contribution in [-0.2, 0) is 4.79 Å². The van der Waals surface area contributed by atoms with Gasteiger partial charge in [-0.25, -0.2) is 4.39 Å². The van der Waals surface area contributed by atoms with Crippen molar-refractivity contribution >= 4 is 17.6 Å². The van der Waals surface area contributed by atoms with Crippen LogP contribution in [0.25, 0.3) is 0 Å². The van der Waals surface area contributed by atoms with E-state index in [2.05, 4.69) is 0 Å². The number of piperidine rings is 1. The number of rotatable bonds is 3. The molecule has 6 heteroatoms. The van der Waals surface area contributed by atoms with Gasteiger partial charge in [0.15, 0.2) is 0 Å². The highest BCUT2D eigenvalue weighted by Gasteiger charge is 2.41. The van der Waals surface area contributed by atoms with E-state index in [-0.39, 0.29) is 11.3 Å². The lowest BCUT2D eigenvalue weighted by molar-refractivity contribution is -0.152. The number of aliphatic carboxylic acids is 1. The molecule has 21 heavy (non-hydrogen) atoms. The van der Waals surface area contributed by atoms with Crippen LogP contribution < -0.4 is 5.73 Å². The van der Waals surface area contributed by atoms with Gasteiger partial charge in [0.05, 0.1) is 11.0 Å². The van der Waals surface area contributed by atoms with Crippen molar-refractivity contribution in [3.8, 4) is 0 Å². The number of benzene rings is 1. The van der Waals surface area contributed by atoms with E-state index in [9.17, 15) is 19.1 Å². The summed E-state index contributed by atoms with van der Waals surface area (Å²) < 4.78 is 13.8. The second-order valence-electron chi connectivity index (χ2n) is 5.47. The van der Waals surface area contributed by atoms with Crippen LogP contribution in [0.2, 0.25) is 0 Å². The number of nitrogen functional groups attached to an aromatic ring is 1. The van der Waals surface area contributed by atoms with Gasteiger partial charge in [-0.05, 0) is 37.5 Å². The Bertz CT molecular complexity index is 566. The van der Waals surface area contributed by atoms with Crippen molar-refractivity contribution in [3.05, 3.63) is 29.6 Å². The van der Waals surface area contributed by atoms with Crippen LogP contribution in [0, 0.1) is 11.2 Å². The molecule has 2 rings (SSSR count). The Kier molecular flexibility index (Phi) is 4.16. The summed E-state index contributed by atoms with van der Waals surface area (Å²) in [4.78, 5) is 25.2. The number of anilines is 1. The maximum Gasteiger partial charge on any atom is 0.309 e. The first-order valence-corrected chi connectivity index (χ1v) is 6.97. The van der Waals surface area contributed by atoms with Gasteiger partial charge in [0, 0.05) is 18.8 Å². The molecule has 3 N–H and O–H groups in total. The molecule has 5 nitrogen and oxygen atoms in total. The predicted molar refractivity (Wildman–Crippen MR) is 76.3 cm³/mol. The molecular weight excluding hydrogens is 275 g/mol. The summed E-state index contributed by atoms with van der Waals surface area (Å²) >= 11 is 0. The Balaban J connectivity index is 2.12. The maximum atomic E-state index is 13.8. The van der Waals surface area contributed by atoms with Gasteiger partial charge >= 0.3 is 5.97 Å². The molecule has 1 amide bonds. The van der Waals surface area contributed by atoms with Gasteiger partial charge < -0.3 is 15.7 Å². The van der Waals surface area contributed by atoms with E-state index >= 15 is 0 Å². The first-order chi connectivity index (χ1) is 9.89. The Morgan fingerprint density at radius 1 is 1.38 bits per heavy atom. The number of carboxylic acid groups (broad SMARTS) is 1. The normalized spacial score (nSPS) is 17.5. The van der Waals surface area contributed by atoms with Gasteiger partial charge in [-0.1, -0.05) is 6.92 Å². The van der Waals surface area contributed by atoms with Crippen molar-refractivity contribution in [1.29, 1.82) is 0 Å². The molecule has 0 unspecified atom stereocenters. The zero-order valence-electron chi connectivity index (χ0n) is 11.9. The van der Waals surface area contributed by atoms with Gasteiger partial charge in [0.2, 0.25) is 0 Å². The average molecular weight is 294 g/mol. The van der Waals surface area contributed by atoms with E-state index < -0.39 is 23.1 Å². The Morgan fingerprint density at radius 2 is 2.00 bits per heavy atom. The third-order valence-corrected chi connectivity index (χ3v) is 4.36. The molecule has 0 saturated carbocycles. The lowest BCUT2D eigenvalue weighted by atomic mass is 9.76. The van der Waals surface area contributed by atoms with Crippen LogP contribution in [0.1, 0.15) is 36.5 Å². The fraction of sp³-hybridized carbons (Fsp3) is 0.467. The molecule has 1 heterocycles. The molecule has 1 fully saturated rings. The van der Waals surface area contributed by atoms with Crippen LogP contribution >= 0.6 is 0 Å². The van der Waals surface area contributed by atoms with Crippen molar-refractivity contribution < 1.29 is 19.1 Å². The molecule has 1 aliphatic rings. The molecule has 1 saturated heterocycles. The van der Waals surface area contributed by atoms with Crippen LogP contribution in [0.4, 0.5) is 10.1 Å². The quantitative estimate of drug-likeness (QED) is 0.836. The lowest BCUT2D eigenvalue weighted by Crippen LogP contribution is -2.46. The summed E-state index contributed by atoms with van der Waals surface area (Å²) in [5.41, 5.74) is 4.93. The zero-order chi connectivity index (χ0) is 15.6. The van der Waals surface area contributed by atoms with E-state index in [1.807, 2.05) is 6.92 Å². The van der Waals surface area contributed by atoms with Crippen molar-refractivity contribution in [2.24, 2.45) is 5.41 Å². The van der Waals surface area contributed by atoms with Crippen LogP contribution in [0.15, 0.2) is 18.2 Å². The molecule has 0 aliphatic carbocycles. The average Bonchev–Trinajstić information content (AvgIpc) is 2.46. The minimum atomic E-state index is -0.823. The van der Waals surface area contributed by atoms with Crippen LogP contribution in [0.3, 0.4) is 0 Å². The molecule has 0 spiro atoms. The standard InChI is InChI=1S/C15H19FN2O3/c1-2-15(14(20)21)5-7-18(8-6-15)13(19)11-4-3-10(17)9-12(11)16/h3-4,9H,2,5-8,17H2,1H3,(H,20,21). The van der Waals surface area contributed by atoms with E-state index in [0.717, 1.165) is 6.07 Å². The number of carboxylic acids is 1. The smallest absolute Gasteiger partial charge is 0.309 e. The third-order valence-electron chi connectivity index (χ3n) is 4.36. The lowest BCUT2D eigenvalue weighted by Gasteiger charge is -2.38. The van der Waals surface area contributed by atoms with Gasteiger partial charge in [-0.15, -0.1) is 0 Å². The fourth-order valence-corrected chi connectivity index (χ4v) is 2.73. The van der Waals surface area contributed by atoms with E-state index in [1.165, 1.54) is 17.0 Å². The Labute approximate surface area is 122 Å². The van der Waals surface area contributed by atoms with E-state index in [4.69, 9.17) is 5.73 Å². The van der Waals surface area contributed by atoms with Crippen molar-refractivity contribution in [1.82, 2.24) is 4.90 Å². The number of nitrogens with zero attached hydrogens (tertiary/aromatic N) is 1. The summed E-state index contributed by atoms with van der Waals surface area (Å²) in [6.07, 6.45) is 1.31. The maximum absolute atomic E-state index is 13.8. The molecule has 114 valence electrons. The Hall–Kier alpha value is -2.11. The van der Waals surface area contributed by atoms with Crippen molar-refractivity contribution in [3.63, 3.8) is 0 Å². The van der Waals surface area contributed by atoms with Crippen LogP contribution in [-0.4, -0.2) is 35.0 Å². The second-order valence-corrected chi connectivity index (χ2v) is 5.47. The fourth-order valence-electron chi connectivity index (χ4n) is 2.73. The molecule has 1 aliphatic heterocycles. The van der Waals surface area contributed by atoms with E-state index in [1.54, 1.807) is 0 Å². The number of halogens is 1. The molecule has 0 bridgehead atoms. The topological polar surface area (TPSA) is 83.6 Å². The molecular formula is C15H19FN2O3. The molecule has 1 aromatic rings. The van der Waals surface area contributed by atoms with Gasteiger partial charge in [0.1, 0.15) is 5.82 Å². The number of hydrogen-bond acceptors (Lipinski definition) is 3. The summed E-state index contributed by atoms with van der Waals surface area (Å²) in [7, 11) is 0. The largest absolute Gasteiger partial charge is 0.481 e. The summed E-state index contributed by atoms with van der Waals surface area (Å²) in [6, 6.07) is 3.96. The summed E-state index contributed by atoms with van der Waals surface area (Å²) in [6.45, 7) is 2.48. The highest BCUT2D eigenvalue weighted by atomic mass is 19.1. The number of amides is 1. The molecule has 0 aromatic heterocycles. The minimum Gasteiger partial charge on any atom is -0.481 e.